The van der Waals surface area contributed by atoms with Crippen LogP contribution in [0.5, 0.6) is 0 Å². The van der Waals surface area contributed by atoms with E-state index in [9.17, 15) is 13.2 Å². The summed E-state index contributed by atoms with van der Waals surface area (Å²) in [5, 5.41) is 4.55. The smallest absolute Gasteiger partial charge is 0.265 e. The summed E-state index contributed by atoms with van der Waals surface area (Å²) in [4.78, 5) is 13.1. The highest BCUT2D eigenvalue weighted by atomic mass is 32.2. The molecule has 1 N–H and O–H groups in total. The number of sulfonamides is 1. The molecule has 0 saturated heterocycles. The average molecular weight is 394 g/mol. The van der Waals surface area contributed by atoms with Crippen LogP contribution in [0.3, 0.4) is 0 Å². The number of nitrogens with one attached hydrogen (secondary N) is 1. The van der Waals surface area contributed by atoms with Crippen LogP contribution in [0.2, 0.25) is 0 Å². The van der Waals surface area contributed by atoms with Gasteiger partial charge in [-0.2, -0.15) is 0 Å². The van der Waals surface area contributed by atoms with Gasteiger partial charge in [-0.1, -0.05) is 67.9 Å². The van der Waals surface area contributed by atoms with Crippen molar-refractivity contribution in [2.24, 2.45) is 0 Å². The molecule has 144 valence electrons. The van der Waals surface area contributed by atoms with Crippen LogP contribution in [-0.2, 0) is 14.8 Å². The highest BCUT2D eigenvalue weighted by Gasteiger charge is 2.36. The predicted molar refractivity (Wildman–Crippen MR) is 111 cm³/mol. The largest absolute Gasteiger partial charge is 0.348 e. The first-order valence-electron chi connectivity index (χ1n) is 9.41. The number of amides is 1. The summed E-state index contributed by atoms with van der Waals surface area (Å²) in [7, 11) is -3.73. The predicted octanol–water partition coefficient (Wildman–Crippen LogP) is 4.01. The van der Waals surface area contributed by atoms with E-state index >= 15 is 0 Å². The Bertz CT molecular complexity index is 1120. The summed E-state index contributed by atoms with van der Waals surface area (Å²) in [5.41, 5.74) is 1.59. The number of hydrogen-bond acceptors (Lipinski definition) is 3. The first-order valence-corrected chi connectivity index (χ1v) is 10.8. The van der Waals surface area contributed by atoms with Crippen LogP contribution in [0.4, 0.5) is 5.69 Å². The highest BCUT2D eigenvalue weighted by molar-refractivity contribution is 7.93. The first-order chi connectivity index (χ1) is 13.5. The van der Waals surface area contributed by atoms with Crippen molar-refractivity contribution in [3.63, 3.8) is 0 Å². The summed E-state index contributed by atoms with van der Waals surface area (Å²) < 4.78 is 27.3. The maximum Gasteiger partial charge on any atom is 0.265 e. The Morgan fingerprint density at radius 3 is 2.43 bits per heavy atom. The number of hydrogen-bond donors (Lipinski definition) is 1. The lowest BCUT2D eigenvalue weighted by atomic mass is 10.0. The summed E-state index contributed by atoms with van der Waals surface area (Å²) in [5.74, 6) is -0.310. The lowest BCUT2D eigenvalue weighted by Gasteiger charge is -2.22. The molecule has 0 fully saturated rings. The van der Waals surface area contributed by atoms with Crippen molar-refractivity contribution in [1.82, 2.24) is 5.32 Å². The van der Waals surface area contributed by atoms with Crippen molar-refractivity contribution in [2.75, 3.05) is 10.8 Å². The fraction of sp³-hybridized carbons (Fsp3) is 0.227. The van der Waals surface area contributed by atoms with E-state index in [4.69, 9.17) is 0 Å². The van der Waals surface area contributed by atoms with Crippen LogP contribution in [0.1, 0.15) is 31.4 Å². The Morgan fingerprint density at radius 1 is 1.00 bits per heavy atom. The molecular formula is C22H22N2O3S. The number of rotatable bonds is 6. The molecule has 0 unspecified atom stereocenters. The van der Waals surface area contributed by atoms with Gasteiger partial charge < -0.3 is 5.32 Å². The summed E-state index contributed by atoms with van der Waals surface area (Å²) in [6, 6.07) is 20.3. The third kappa shape index (κ3) is 3.14. The Morgan fingerprint density at radius 2 is 1.71 bits per heavy atom. The molecule has 0 aliphatic carbocycles. The maximum absolute atomic E-state index is 13.0. The van der Waals surface area contributed by atoms with Gasteiger partial charge in [-0.3, -0.25) is 9.10 Å². The van der Waals surface area contributed by atoms with Crippen LogP contribution in [-0.4, -0.2) is 20.9 Å². The molecule has 1 heterocycles. The second kappa shape index (κ2) is 7.28. The zero-order valence-corrected chi connectivity index (χ0v) is 16.4. The fourth-order valence-electron chi connectivity index (χ4n) is 3.80. The van der Waals surface area contributed by atoms with Crippen LogP contribution in [0.15, 0.2) is 71.6 Å². The van der Waals surface area contributed by atoms with Crippen LogP contribution >= 0.6 is 0 Å². The standard InChI is InChI=1S/C22H22N2O3S/c1-2-8-18(16-9-4-3-5-10-16)23-21(25)15-24-19-13-6-11-17-12-7-14-20(22(17)19)28(24,26)27/h3-7,9-14,18H,2,8,15H2,1H3,(H,23,25)/t18-/m0/s1. The lowest BCUT2D eigenvalue weighted by molar-refractivity contribution is -0.120. The van der Waals surface area contributed by atoms with E-state index in [-0.39, 0.29) is 23.4 Å². The molecule has 1 aliphatic heterocycles. The Balaban J connectivity index is 1.61. The van der Waals surface area contributed by atoms with Gasteiger partial charge in [0.25, 0.3) is 10.0 Å². The summed E-state index contributed by atoms with van der Waals surface area (Å²) in [6.07, 6.45) is 1.70. The maximum atomic E-state index is 13.0. The minimum atomic E-state index is -3.73. The molecule has 1 aliphatic rings. The third-order valence-corrected chi connectivity index (χ3v) is 6.89. The van der Waals surface area contributed by atoms with Crippen molar-refractivity contribution in [3.8, 4) is 0 Å². The van der Waals surface area contributed by atoms with Gasteiger partial charge >= 0.3 is 0 Å². The van der Waals surface area contributed by atoms with Crippen LogP contribution in [0, 0.1) is 0 Å². The van der Waals surface area contributed by atoms with Crippen molar-refractivity contribution < 1.29 is 13.2 Å². The minimum absolute atomic E-state index is 0.137. The normalized spacial score (nSPS) is 15.5. The van der Waals surface area contributed by atoms with E-state index in [1.165, 1.54) is 4.31 Å². The molecule has 4 rings (SSSR count). The molecule has 0 aromatic heterocycles. The molecule has 5 nitrogen and oxygen atoms in total. The Labute approximate surface area is 165 Å². The number of anilines is 1. The first kappa shape index (κ1) is 18.5. The van der Waals surface area contributed by atoms with Crippen molar-refractivity contribution in [2.45, 2.75) is 30.7 Å². The van der Waals surface area contributed by atoms with E-state index in [0.717, 1.165) is 23.8 Å². The number of nitrogens with zero attached hydrogens (tertiary/aromatic N) is 1. The second-order valence-electron chi connectivity index (χ2n) is 6.96. The highest BCUT2D eigenvalue weighted by Crippen LogP contribution is 2.41. The van der Waals surface area contributed by atoms with E-state index in [2.05, 4.69) is 12.2 Å². The molecule has 0 saturated carbocycles. The Kier molecular flexibility index (Phi) is 4.81. The third-order valence-electron chi connectivity index (χ3n) is 5.08. The van der Waals surface area contributed by atoms with Gasteiger partial charge in [0.15, 0.2) is 0 Å². The Hall–Kier alpha value is -2.86. The average Bonchev–Trinajstić information content (AvgIpc) is 2.92. The van der Waals surface area contributed by atoms with Crippen LogP contribution < -0.4 is 9.62 Å². The summed E-state index contributed by atoms with van der Waals surface area (Å²) in [6.45, 7) is 1.83. The minimum Gasteiger partial charge on any atom is -0.348 e. The van der Waals surface area contributed by atoms with Crippen molar-refractivity contribution >= 4 is 32.4 Å². The van der Waals surface area contributed by atoms with Crippen LogP contribution in [0.25, 0.3) is 10.8 Å². The molecule has 0 bridgehead atoms. The molecule has 1 amide bonds. The van der Waals surface area contributed by atoms with E-state index in [0.29, 0.717) is 11.1 Å². The molecule has 3 aromatic carbocycles. The van der Waals surface area contributed by atoms with Gasteiger partial charge in [-0.05, 0) is 29.5 Å². The summed E-state index contributed by atoms with van der Waals surface area (Å²) >= 11 is 0. The van der Waals surface area contributed by atoms with Gasteiger partial charge in [0, 0.05) is 5.39 Å². The van der Waals surface area contributed by atoms with E-state index < -0.39 is 10.0 Å². The zero-order valence-electron chi connectivity index (χ0n) is 15.6. The topological polar surface area (TPSA) is 66.5 Å². The lowest BCUT2D eigenvalue weighted by Crippen LogP contribution is -2.40. The molecule has 3 aromatic rings. The fourth-order valence-corrected chi connectivity index (χ4v) is 5.46. The number of benzene rings is 3. The van der Waals surface area contributed by atoms with Gasteiger partial charge in [0.05, 0.1) is 16.6 Å². The molecule has 1 atom stereocenters. The number of carbonyl (C=O) groups is 1. The molecule has 28 heavy (non-hydrogen) atoms. The zero-order chi connectivity index (χ0) is 19.7. The van der Waals surface area contributed by atoms with Gasteiger partial charge in [0.1, 0.15) is 6.54 Å². The van der Waals surface area contributed by atoms with Gasteiger partial charge in [0.2, 0.25) is 5.91 Å². The molecule has 6 heteroatoms. The van der Waals surface area contributed by atoms with Gasteiger partial charge in [-0.25, -0.2) is 8.42 Å². The van der Waals surface area contributed by atoms with Crippen molar-refractivity contribution in [3.05, 3.63) is 72.3 Å². The van der Waals surface area contributed by atoms with Crippen molar-refractivity contribution in [1.29, 1.82) is 0 Å². The van der Waals surface area contributed by atoms with Gasteiger partial charge in [-0.15, -0.1) is 0 Å². The van der Waals surface area contributed by atoms with E-state index in [1.807, 2.05) is 48.5 Å². The molecular weight excluding hydrogens is 372 g/mol. The second-order valence-corrected chi connectivity index (χ2v) is 8.79. The molecule has 0 radical (unpaired) electrons. The monoisotopic (exact) mass is 394 g/mol. The quantitative estimate of drug-likeness (QED) is 0.687. The van der Waals surface area contributed by atoms with E-state index in [1.54, 1.807) is 18.2 Å². The SMILES string of the molecule is CCC[C@H](NC(=O)CN1c2cccc3cccc(c23)S1(=O)=O)c1ccccc1. The molecule has 0 spiro atoms. The number of carbonyl (C=O) groups excluding carboxylic acids is 1.